The van der Waals surface area contributed by atoms with Crippen LogP contribution in [0.5, 0.6) is 0 Å². The zero-order chi connectivity index (χ0) is 13.3. The van der Waals surface area contributed by atoms with E-state index in [1.807, 2.05) is 0 Å². The molecule has 0 spiro atoms. The molecule has 1 aromatic carbocycles. The summed E-state index contributed by atoms with van der Waals surface area (Å²) in [5, 5.41) is 2.74. The van der Waals surface area contributed by atoms with Crippen LogP contribution >= 0.6 is 15.9 Å². The number of aromatic nitrogens is 2. The molecular weight excluding hydrogens is 304 g/mol. The SMILES string of the molecule is CNc1ncc(C)c(-c2c(F)ccc(Br)c2F)n1. The van der Waals surface area contributed by atoms with Crippen molar-refractivity contribution in [2.75, 3.05) is 12.4 Å². The molecule has 0 bridgehead atoms. The van der Waals surface area contributed by atoms with Crippen molar-refractivity contribution in [3.05, 3.63) is 40.0 Å². The lowest BCUT2D eigenvalue weighted by Crippen LogP contribution is -2.02. The zero-order valence-electron chi connectivity index (χ0n) is 9.76. The Balaban J connectivity index is 2.72. The van der Waals surface area contributed by atoms with Crippen molar-refractivity contribution in [3.63, 3.8) is 0 Å². The quantitative estimate of drug-likeness (QED) is 0.862. The van der Waals surface area contributed by atoms with Crippen LogP contribution in [0.2, 0.25) is 0 Å². The van der Waals surface area contributed by atoms with Gasteiger partial charge in [0.1, 0.15) is 11.6 Å². The fourth-order valence-electron chi connectivity index (χ4n) is 1.56. The van der Waals surface area contributed by atoms with Crippen LogP contribution < -0.4 is 5.32 Å². The van der Waals surface area contributed by atoms with Crippen molar-refractivity contribution in [1.29, 1.82) is 0 Å². The Hall–Kier alpha value is -1.56. The number of hydrogen-bond acceptors (Lipinski definition) is 3. The Morgan fingerprint density at radius 1 is 1.28 bits per heavy atom. The highest BCUT2D eigenvalue weighted by atomic mass is 79.9. The Morgan fingerprint density at radius 3 is 2.67 bits per heavy atom. The van der Waals surface area contributed by atoms with Crippen LogP contribution in [0.3, 0.4) is 0 Å². The largest absolute Gasteiger partial charge is 0.357 e. The lowest BCUT2D eigenvalue weighted by Gasteiger charge is -2.09. The predicted octanol–water partition coefficient (Wildman–Crippen LogP) is 3.53. The molecule has 1 heterocycles. The highest BCUT2D eigenvalue weighted by molar-refractivity contribution is 9.10. The maximum Gasteiger partial charge on any atom is 0.222 e. The molecule has 0 aliphatic rings. The molecule has 0 aliphatic carbocycles. The third kappa shape index (κ3) is 2.20. The first-order valence-electron chi connectivity index (χ1n) is 5.20. The second-order valence-corrected chi connectivity index (χ2v) is 4.55. The van der Waals surface area contributed by atoms with Crippen molar-refractivity contribution < 1.29 is 8.78 Å². The van der Waals surface area contributed by atoms with E-state index in [0.717, 1.165) is 0 Å². The molecule has 0 aliphatic heterocycles. The van der Waals surface area contributed by atoms with E-state index in [-0.39, 0.29) is 15.7 Å². The number of nitrogens with one attached hydrogen (secondary N) is 1. The molecule has 94 valence electrons. The van der Waals surface area contributed by atoms with Gasteiger partial charge in [0.25, 0.3) is 0 Å². The smallest absolute Gasteiger partial charge is 0.222 e. The summed E-state index contributed by atoms with van der Waals surface area (Å²) >= 11 is 3.04. The Labute approximate surface area is 111 Å². The van der Waals surface area contributed by atoms with E-state index in [4.69, 9.17) is 0 Å². The van der Waals surface area contributed by atoms with Gasteiger partial charge in [-0.1, -0.05) is 0 Å². The molecule has 0 saturated carbocycles. The first-order valence-corrected chi connectivity index (χ1v) is 5.99. The molecule has 1 aromatic heterocycles. The predicted molar refractivity (Wildman–Crippen MR) is 69.4 cm³/mol. The normalized spacial score (nSPS) is 10.5. The second kappa shape index (κ2) is 4.97. The monoisotopic (exact) mass is 313 g/mol. The molecule has 18 heavy (non-hydrogen) atoms. The van der Waals surface area contributed by atoms with Gasteiger partial charge in [0.2, 0.25) is 5.95 Å². The van der Waals surface area contributed by atoms with Gasteiger partial charge in [0.15, 0.2) is 0 Å². The first-order chi connectivity index (χ1) is 8.54. The molecule has 0 radical (unpaired) electrons. The summed E-state index contributed by atoms with van der Waals surface area (Å²) in [6, 6.07) is 2.52. The van der Waals surface area contributed by atoms with Gasteiger partial charge >= 0.3 is 0 Å². The fourth-order valence-corrected chi connectivity index (χ4v) is 1.89. The average molecular weight is 314 g/mol. The topological polar surface area (TPSA) is 37.8 Å². The van der Waals surface area contributed by atoms with Gasteiger partial charge < -0.3 is 5.32 Å². The minimum absolute atomic E-state index is 0.152. The number of halogens is 3. The molecule has 6 heteroatoms. The average Bonchev–Trinajstić information content (AvgIpc) is 2.36. The minimum Gasteiger partial charge on any atom is -0.357 e. The molecule has 1 N–H and O–H groups in total. The summed E-state index contributed by atoms with van der Waals surface area (Å²) in [5.41, 5.74) is 0.691. The van der Waals surface area contributed by atoms with Crippen molar-refractivity contribution in [2.45, 2.75) is 6.92 Å². The van der Waals surface area contributed by atoms with Crippen molar-refractivity contribution in [3.8, 4) is 11.3 Å². The van der Waals surface area contributed by atoms with Crippen molar-refractivity contribution >= 4 is 21.9 Å². The van der Waals surface area contributed by atoms with E-state index >= 15 is 0 Å². The molecule has 0 atom stereocenters. The Kier molecular flexibility index (Phi) is 3.56. The van der Waals surface area contributed by atoms with Crippen LogP contribution in [0, 0.1) is 18.6 Å². The van der Waals surface area contributed by atoms with Crippen LogP contribution in [0.4, 0.5) is 14.7 Å². The standard InChI is InChI=1S/C12H10BrF2N3/c1-6-5-17-12(16-2)18-11(6)9-8(14)4-3-7(13)10(9)15/h3-5H,1-2H3,(H,16,17,18). The van der Waals surface area contributed by atoms with Gasteiger partial charge in [-0.15, -0.1) is 0 Å². The highest BCUT2D eigenvalue weighted by Crippen LogP contribution is 2.31. The summed E-state index contributed by atoms with van der Waals surface area (Å²) in [5.74, 6) is -1.01. The maximum absolute atomic E-state index is 14.0. The number of anilines is 1. The third-order valence-electron chi connectivity index (χ3n) is 2.48. The minimum atomic E-state index is -0.668. The Bertz CT molecular complexity index is 602. The molecule has 2 rings (SSSR count). The van der Waals surface area contributed by atoms with E-state index < -0.39 is 11.6 Å². The van der Waals surface area contributed by atoms with E-state index in [1.54, 1.807) is 14.0 Å². The van der Waals surface area contributed by atoms with Crippen LogP contribution in [0.15, 0.2) is 22.8 Å². The molecule has 2 aromatic rings. The van der Waals surface area contributed by atoms with Crippen molar-refractivity contribution in [2.24, 2.45) is 0 Å². The van der Waals surface area contributed by atoms with Gasteiger partial charge in [-0.2, -0.15) is 0 Å². The summed E-state index contributed by atoms with van der Waals surface area (Å²) in [4.78, 5) is 8.09. The van der Waals surface area contributed by atoms with Crippen LogP contribution in [0.1, 0.15) is 5.56 Å². The van der Waals surface area contributed by atoms with E-state index in [0.29, 0.717) is 11.5 Å². The van der Waals surface area contributed by atoms with E-state index in [1.165, 1.54) is 18.3 Å². The summed E-state index contributed by atoms with van der Waals surface area (Å²) < 4.78 is 28.0. The third-order valence-corrected chi connectivity index (χ3v) is 3.09. The summed E-state index contributed by atoms with van der Waals surface area (Å²) in [6.07, 6.45) is 1.52. The van der Waals surface area contributed by atoms with Crippen LogP contribution in [-0.4, -0.2) is 17.0 Å². The Morgan fingerprint density at radius 2 is 2.00 bits per heavy atom. The van der Waals surface area contributed by atoms with E-state index in [9.17, 15) is 8.78 Å². The van der Waals surface area contributed by atoms with Gasteiger partial charge in [0.05, 0.1) is 15.7 Å². The van der Waals surface area contributed by atoms with Gasteiger partial charge in [-0.25, -0.2) is 18.7 Å². The zero-order valence-corrected chi connectivity index (χ0v) is 11.3. The van der Waals surface area contributed by atoms with Gasteiger partial charge in [-0.3, -0.25) is 0 Å². The molecule has 0 amide bonds. The van der Waals surface area contributed by atoms with Gasteiger partial charge in [0, 0.05) is 13.2 Å². The van der Waals surface area contributed by atoms with E-state index in [2.05, 4.69) is 31.2 Å². The number of benzene rings is 1. The first kappa shape index (κ1) is 12.9. The lowest BCUT2D eigenvalue weighted by atomic mass is 10.1. The maximum atomic E-state index is 14.0. The fraction of sp³-hybridized carbons (Fsp3) is 0.167. The number of nitrogens with zero attached hydrogens (tertiary/aromatic N) is 2. The van der Waals surface area contributed by atoms with Crippen LogP contribution in [0.25, 0.3) is 11.3 Å². The molecule has 3 nitrogen and oxygen atoms in total. The number of hydrogen-bond donors (Lipinski definition) is 1. The lowest BCUT2D eigenvalue weighted by molar-refractivity contribution is 0.584. The molecule has 0 fully saturated rings. The molecule has 0 saturated heterocycles. The van der Waals surface area contributed by atoms with Gasteiger partial charge in [-0.05, 0) is 40.5 Å². The summed E-state index contributed by atoms with van der Waals surface area (Å²) in [6.45, 7) is 1.70. The van der Waals surface area contributed by atoms with Crippen LogP contribution in [-0.2, 0) is 0 Å². The number of rotatable bonds is 2. The molecular formula is C12H10BrF2N3. The highest BCUT2D eigenvalue weighted by Gasteiger charge is 2.18. The summed E-state index contributed by atoms with van der Waals surface area (Å²) in [7, 11) is 1.64. The number of aryl methyl sites for hydroxylation is 1. The second-order valence-electron chi connectivity index (χ2n) is 3.69. The molecule has 0 unspecified atom stereocenters. The van der Waals surface area contributed by atoms with Crippen molar-refractivity contribution in [1.82, 2.24) is 9.97 Å².